The molecule has 0 aliphatic carbocycles. The van der Waals surface area contributed by atoms with Crippen molar-refractivity contribution in [3.8, 4) is 0 Å². The molecule has 0 spiro atoms. The Morgan fingerprint density at radius 1 is 1.29 bits per heavy atom. The first-order valence-corrected chi connectivity index (χ1v) is 5.55. The molecule has 2 aliphatic rings. The molecule has 0 bridgehead atoms. The molecule has 0 radical (unpaired) electrons. The van der Waals surface area contributed by atoms with Gasteiger partial charge in [0, 0.05) is 6.54 Å². The zero-order valence-electron chi connectivity index (χ0n) is 8.50. The third-order valence-corrected chi connectivity index (χ3v) is 2.86. The highest BCUT2D eigenvalue weighted by Gasteiger charge is 2.27. The summed E-state index contributed by atoms with van der Waals surface area (Å²) in [6, 6.07) is 0.00171. The summed E-state index contributed by atoms with van der Waals surface area (Å²) >= 11 is 0. The van der Waals surface area contributed by atoms with Gasteiger partial charge >= 0.3 is 0 Å². The molecule has 2 heterocycles. The fourth-order valence-electron chi connectivity index (χ4n) is 2.01. The normalized spacial score (nSPS) is 28.9. The van der Waals surface area contributed by atoms with Crippen LogP contribution < -0.4 is 5.32 Å². The molecule has 2 saturated heterocycles. The lowest BCUT2D eigenvalue weighted by molar-refractivity contribution is -0.199. The minimum absolute atomic E-state index is 0.00171. The Balaban J connectivity index is 1.85. The predicted octanol–water partition coefficient (Wildman–Crippen LogP) is 0.682. The second kappa shape index (κ2) is 4.75. The Labute approximate surface area is 84.6 Å². The number of carbonyl (C=O) groups is 1. The number of piperidine rings is 1. The third kappa shape index (κ3) is 2.25. The fraction of sp³-hybridized carbons (Fsp3) is 0.900. The van der Waals surface area contributed by atoms with E-state index in [4.69, 9.17) is 4.84 Å². The number of hydroxylamine groups is 2. The van der Waals surface area contributed by atoms with E-state index in [1.807, 2.05) is 0 Å². The van der Waals surface area contributed by atoms with Gasteiger partial charge in [-0.05, 0) is 32.2 Å². The molecule has 4 heteroatoms. The van der Waals surface area contributed by atoms with Crippen molar-refractivity contribution < 1.29 is 9.63 Å². The number of nitrogens with one attached hydrogen (secondary N) is 1. The molecule has 1 N–H and O–H groups in total. The molecule has 0 aromatic carbocycles. The molecule has 0 unspecified atom stereocenters. The summed E-state index contributed by atoms with van der Waals surface area (Å²) in [5.74, 6) is 0.129. The zero-order valence-corrected chi connectivity index (χ0v) is 8.50. The first-order chi connectivity index (χ1) is 6.88. The van der Waals surface area contributed by atoms with E-state index >= 15 is 0 Å². The largest absolute Gasteiger partial charge is 0.306 e. The molecule has 2 fully saturated rings. The topological polar surface area (TPSA) is 41.6 Å². The van der Waals surface area contributed by atoms with Gasteiger partial charge in [-0.1, -0.05) is 6.42 Å². The van der Waals surface area contributed by atoms with Crippen LogP contribution in [0.4, 0.5) is 0 Å². The molecule has 4 nitrogen and oxygen atoms in total. The summed E-state index contributed by atoms with van der Waals surface area (Å²) in [7, 11) is 0. The smallest absolute Gasteiger partial charge is 0.263 e. The lowest BCUT2D eigenvalue weighted by atomic mass is 10.0. The highest BCUT2D eigenvalue weighted by molar-refractivity contribution is 5.81. The minimum atomic E-state index is 0.00171. The Morgan fingerprint density at radius 3 is 2.86 bits per heavy atom. The number of nitrogens with zero attached hydrogens (tertiary/aromatic N) is 1. The summed E-state index contributed by atoms with van der Waals surface area (Å²) in [5, 5.41) is 4.79. The standard InChI is InChI=1S/C10H18N2O2/c13-10(9-5-1-2-6-11-9)12-7-3-4-8-14-12/h9,11H,1-8H2/t9-/m1/s1. The van der Waals surface area contributed by atoms with E-state index in [2.05, 4.69) is 5.32 Å². The van der Waals surface area contributed by atoms with E-state index < -0.39 is 0 Å². The summed E-state index contributed by atoms with van der Waals surface area (Å²) in [5.41, 5.74) is 0. The predicted molar refractivity (Wildman–Crippen MR) is 52.5 cm³/mol. The van der Waals surface area contributed by atoms with Crippen molar-refractivity contribution in [2.45, 2.75) is 38.1 Å². The lowest BCUT2D eigenvalue weighted by Gasteiger charge is -2.31. The van der Waals surface area contributed by atoms with Gasteiger partial charge in [-0.2, -0.15) is 0 Å². The van der Waals surface area contributed by atoms with Crippen molar-refractivity contribution in [2.75, 3.05) is 19.7 Å². The highest BCUT2D eigenvalue weighted by atomic mass is 16.7. The molecule has 0 aromatic heterocycles. The fourth-order valence-corrected chi connectivity index (χ4v) is 2.01. The monoisotopic (exact) mass is 198 g/mol. The summed E-state index contributed by atoms with van der Waals surface area (Å²) in [4.78, 5) is 17.2. The lowest BCUT2D eigenvalue weighted by Crippen LogP contribution is -2.49. The van der Waals surface area contributed by atoms with Crippen molar-refractivity contribution in [2.24, 2.45) is 0 Å². The summed E-state index contributed by atoms with van der Waals surface area (Å²) in [6.07, 6.45) is 5.43. The SMILES string of the molecule is O=C([C@H]1CCCCN1)N1CCCCO1. The molecule has 2 aliphatic heterocycles. The van der Waals surface area contributed by atoms with Crippen molar-refractivity contribution in [1.29, 1.82) is 0 Å². The number of amides is 1. The van der Waals surface area contributed by atoms with Crippen LogP contribution in [-0.2, 0) is 9.63 Å². The van der Waals surface area contributed by atoms with Gasteiger partial charge in [-0.15, -0.1) is 0 Å². The second-order valence-electron chi connectivity index (χ2n) is 3.98. The van der Waals surface area contributed by atoms with Gasteiger partial charge in [0.1, 0.15) is 0 Å². The van der Waals surface area contributed by atoms with E-state index in [-0.39, 0.29) is 11.9 Å². The maximum Gasteiger partial charge on any atom is 0.263 e. The molecule has 2 rings (SSSR count). The van der Waals surface area contributed by atoms with E-state index in [0.717, 1.165) is 38.8 Å². The second-order valence-corrected chi connectivity index (χ2v) is 3.98. The Morgan fingerprint density at radius 2 is 2.21 bits per heavy atom. The molecule has 14 heavy (non-hydrogen) atoms. The Bertz CT molecular complexity index is 176. The van der Waals surface area contributed by atoms with Crippen LogP contribution in [0.1, 0.15) is 32.1 Å². The average Bonchev–Trinajstić information content (AvgIpc) is 2.30. The maximum absolute atomic E-state index is 11.9. The zero-order chi connectivity index (χ0) is 9.80. The van der Waals surface area contributed by atoms with E-state index in [1.165, 1.54) is 6.42 Å². The average molecular weight is 198 g/mol. The van der Waals surface area contributed by atoms with Crippen molar-refractivity contribution in [3.05, 3.63) is 0 Å². The first kappa shape index (κ1) is 9.93. The van der Waals surface area contributed by atoms with Crippen molar-refractivity contribution >= 4 is 5.91 Å². The van der Waals surface area contributed by atoms with Gasteiger partial charge in [0.2, 0.25) is 0 Å². The van der Waals surface area contributed by atoms with Crippen molar-refractivity contribution in [1.82, 2.24) is 10.4 Å². The van der Waals surface area contributed by atoms with E-state index in [1.54, 1.807) is 5.06 Å². The highest BCUT2D eigenvalue weighted by Crippen LogP contribution is 2.13. The maximum atomic E-state index is 11.9. The molecule has 0 saturated carbocycles. The molecule has 1 amide bonds. The van der Waals surface area contributed by atoms with Crippen LogP contribution in [0, 0.1) is 0 Å². The van der Waals surface area contributed by atoms with Crippen LogP contribution in [-0.4, -0.2) is 36.7 Å². The van der Waals surface area contributed by atoms with Crippen LogP contribution in [0.25, 0.3) is 0 Å². The number of hydrogen-bond acceptors (Lipinski definition) is 3. The van der Waals surface area contributed by atoms with Crippen molar-refractivity contribution in [3.63, 3.8) is 0 Å². The molecule has 80 valence electrons. The summed E-state index contributed by atoms with van der Waals surface area (Å²) in [6.45, 7) is 2.42. The van der Waals surface area contributed by atoms with Gasteiger partial charge < -0.3 is 5.32 Å². The van der Waals surface area contributed by atoms with Gasteiger partial charge in [0.05, 0.1) is 12.6 Å². The third-order valence-electron chi connectivity index (χ3n) is 2.86. The Kier molecular flexibility index (Phi) is 3.37. The van der Waals surface area contributed by atoms with Gasteiger partial charge in [-0.25, -0.2) is 5.06 Å². The number of rotatable bonds is 1. The van der Waals surface area contributed by atoms with Gasteiger partial charge in [0.25, 0.3) is 5.91 Å². The quantitative estimate of drug-likeness (QED) is 0.673. The molecule has 0 aromatic rings. The van der Waals surface area contributed by atoms with Crippen LogP contribution in [0.5, 0.6) is 0 Å². The van der Waals surface area contributed by atoms with Gasteiger partial charge in [0.15, 0.2) is 0 Å². The van der Waals surface area contributed by atoms with Crippen LogP contribution in [0.2, 0.25) is 0 Å². The Hall–Kier alpha value is -0.610. The van der Waals surface area contributed by atoms with Crippen LogP contribution in [0.15, 0.2) is 0 Å². The number of carbonyl (C=O) groups excluding carboxylic acids is 1. The molecule has 1 atom stereocenters. The van der Waals surface area contributed by atoms with Crippen LogP contribution >= 0.6 is 0 Å². The first-order valence-electron chi connectivity index (χ1n) is 5.55. The van der Waals surface area contributed by atoms with Crippen LogP contribution in [0.3, 0.4) is 0 Å². The molecular weight excluding hydrogens is 180 g/mol. The van der Waals surface area contributed by atoms with Gasteiger partial charge in [-0.3, -0.25) is 9.63 Å². The molecular formula is C10H18N2O2. The van der Waals surface area contributed by atoms with E-state index in [0.29, 0.717) is 6.61 Å². The van der Waals surface area contributed by atoms with E-state index in [9.17, 15) is 4.79 Å². The number of hydrogen-bond donors (Lipinski definition) is 1. The minimum Gasteiger partial charge on any atom is -0.306 e. The summed E-state index contributed by atoms with van der Waals surface area (Å²) < 4.78 is 0.